The average molecular weight is 591 g/mol. The quantitative estimate of drug-likeness (QED) is 0.160. The number of hydrogen-bond acceptors (Lipinski definition) is 8. The first kappa shape index (κ1) is 31.9. The van der Waals surface area contributed by atoms with Crippen LogP contribution in [0.1, 0.15) is 81.1 Å². The van der Waals surface area contributed by atoms with Gasteiger partial charge in [-0.2, -0.15) is 0 Å². The normalized spacial score (nSPS) is 13.2. The monoisotopic (exact) mass is 592 g/mol. The molecular formula is C20H48O8Si2Sn. The van der Waals surface area contributed by atoms with E-state index in [4.69, 9.17) is 32.1 Å². The fraction of sp³-hybridized carbons (Fsp3) is 1.00. The van der Waals surface area contributed by atoms with Crippen LogP contribution >= 0.6 is 0 Å². The Kier molecular flexibility index (Phi) is 18.8. The molecular weight excluding hydrogens is 543 g/mol. The third-order valence-electron chi connectivity index (χ3n) is 4.37. The van der Waals surface area contributed by atoms with E-state index in [1.54, 1.807) is 0 Å². The van der Waals surface area contributed by atoms with Gasteiger partial charge in [-0.15, -0.1) is 0 Å². The summed E-state index contributed by atoms with van der Waals surface area (Å²) in [6.07, 6.45) is 4.06. The Hall–Kier alpha value is 0.912. The summed E-state index contributed by atoms with van der Waals surface area (Å²) in [6.45, 7) is 18.6. The van der Waals surface area contributed by atoms with Crippen molar-refractivity contribution in [3.05, 3.63) is 0 Å². The Morgan fingerprint density at radius 3 is 0.903 bits per heavy atom. The predicted molar refractivity (Wildman–Crippen MR) is 129 cm³/mol. The second-order valence-electron chi connectivity index (χ2n) is 6.92. The zero-order valence-corrected chi connectivity index (χ0v) is 26.1. The molecule has 0 saturated carbocycles. The number of hydrogen-bond donors (Lipinski definition) is 0. The van der Waals surface area contributed by atoms with Crippen molar-refractivity contribution in [1.29, 1.82) is 0 Å². The molecule has 11 heteroatoms. The van der Waals surface area contributed by atoms with Crippen LogP contribution in [-0.4, -0.2) is 76.9 Å². The number of unbranched alkanes of at least 4 members (excludes halogenated alkanes) is 2. The maximum atomic E-state index is 6.90. The van der Waals surface area contributed by atoms with Crippen molar-refractivity contribution in [3.8, 4) is 0 Å². The summed E-state index contributed by atoms with van der Waals surface area (Å²) >= 11 is -3.93. The zero-order chi connectivity index (χ0) is 23.6. The average Bonchev–Trinajstić information content (AvgIpc) is 2.72. The molecule has 0 N–H and O–H groups in total. The van der Waals surface area contributed by atoms with Gasteiger partial charge >= 0.3 is 199 Å². The van der Waals surface area contributed by atoms with Crippen LogP contribution in [0.3, 0.4) is 0 Å². The van der Waals surface area contributed by atoms with Gasteiger partial charge in [0.05, 0.1) is 0 Å². The van der Waals surface area contributed by atoms with Crippen molar-refractivity contribution in [2.45, 2.75) is 89.9 Å². The van der Waals surface area contributed by atoms with Gasteiger partial charge in [-0.05, 0) is 0 Å². The van der Waals surface area contributed by atoms with Gasteiger partial charge in [0, 0.05) is 0 Å². The van der Waals surface area contributed by atoms with Crippen LogP contribution in [-0.2, 0) is 32.1 Å². The summed E-state index contributed by atoms with van der Waals surface area (Å²) in [4.78, 5) is 0. The minimum atomic E-state index is -3.93. The van der Waals surface area contributed by atoms with Crippen molar-refractivity contribution in [2.24, 2.45) is 0 Å². The Morgan fingerprint density at radius 2 is 0.710 bits per heavy atom. The molecule has 0 bridgehead atoms. The molecule has 0 aromatic heterocycles. The van der Waals surface area contributed by atoms with Gasteiger partial charge in [0.1, 0.15) is 0 Å². The van der Waals surface area contributed by atoms with Gasteiger partial charge in [-0.25, -0.2) is 0 Å². The molecule has 0 fully saturated rings. The van der Waals surface area contributed by atoms with E-state index in [9.17, 15) is 0 Å². The van der Waals surface area contributed by atoms with E-state index in [0.29, 0.717) is 39.6 Å². The molecule has 0 unspecified atom stereocenters. The van der Waals surface area contributed by atoms with Crippen molar-refractivity contribution in [3.63, 3.8) is 0 Å². The van der Waals surface area contributed by atoms with Crippen LogP contribution in [0.25, 0.3) is 0 Å². The summed E-state index contributed by atoms with van der Waals surface area (Å²) < 4.78 is 51.8. The molecule has 188 valence electrons. The summed E-state index contributed by atoms with van der Waals surface area (Å²) in [5, 5.41) is 0. The fourth-order valence-corrected chi connectivity index (χ4v) is 28.8. The Balaban J connectivity index is 6.34. The molecule has 0 atom stereocenters. The Bertz CT molecular complexity index is 362. The maximum absolute atomic E-state index is 6.90. The first-order chi connectivity index (χ1) is 14.9. The molecule has 8 nitrogen and oxygen atoms in total. The second-order valence-corrected chi connectivity index (χ2v) is 22.6. The molecule has 0 saturated heterocycles. The zero-order valence-electron chi connectivity index (χ0n) is 21.3. The molecule has 0 amide bonds. The molecule has 0 aromatic rings. The first-order valence-electron chi connectivity index (χ1n) is 12.1. The van der Waals surface area contributed by atoms with Crippen LogP contribution in [0.15, 0.2) is 0 Å². The molecule has 0 rings (SSSR count). The summed E-state index contributed by atoms with van der Waals surface area (Å²) in [5.41, 5.74) is 0. The molecule has 0 radical (unpaired) electrons. The fourth-order valence-electron chi connectivity index (χ4n) is 3.19. The van der Waals surface area contributed by atoms with Crippen molar-refractivity contribution < 1.29 is 32.1 Å². The van der Waals surface area contributed by atoms with Crippen molar-refractivity contribution in [2.75, 3.05) is 39.6 Å². The van der Waals surface area contributed by atoms with Gasteiger partial charge in [0.15, 0.2) is 0 Å². The van der Waals surface area contributed by atoms with Gasteiger partial charge in [0.2, 0.25) is 0 Å². The van der Waals surface area contributed by atoms with E-state index in [2.05, 4.69) is 13.8 Å². The predicted octanol–water partition coefficient (Wildman–Crippen LogP) is 5.15. The van der Waals surface area contributed by atoms with Crippen LogP contribution in [0, 0.1) is 0 Å². The van der Waals surface area contributed by atoms with Gasteiger partial charge in [-0.3, -0.25) is 0 Å². The molecule has 0 aliphatic carbocycles. The molecule has 0 heterocycles. The van der Waals surface area contributed by atoms with E-state index in [0.717, 1.165) is 34.6 Å². The topological polar surface area (TPSA) is 73.8 Å². The van der Waals surface area contributed by atoms with Crippen molar-refractivity contribution in [1.82, 2.24) is 0 Å². The third-order valence-corrected chi connectivity index (χ3v) is 26.5. The van der Waals surface area contributed by atoms with E-state index >= 15 is 0 Å². The van der Waals surface area contributed by atoms with Crippen LogP contribution in [0.4, 0.5) is 0 Å². The molecule has 0 spiro atoms. The van der Waals surface area contributed by atoms with E-state index in [1.807, 2.05) is 41.5 Å². The van der Waals surface area contributed by atoms with Gasteiger partial charge in [-0.1, -0.05) is 0 Å². The SMILES string of the molecule is CCC[CH2][Sn]([CH2]CCC)([O][Si](OCC)(OCC)OCC)[O][Si](OCC)(OCC)OCC. The van der Waals surface area contributed by atoms with Crippen molar-refractivity contribution >= 4 is 37.3 Å². The molecule has 31 heavy (non-hydrogen) atoms. The van der Waals surface area contributed by atoms with E-state index in [1.165, 1.54) is 0 Å². The van der Waals surface area contributed by atoms with Gasteiger partial charge < -0.3 is 0 Å². The standard InChI is InChI=1S/2C6H15O4Si.2C4H9.Sn/c2*1-4-8-11(7,9-5-2)10-6-3;2*1-3-4-2;/h2*4-6H2,1-3H3;2*1,3-4H2,2H3;/q2*-1;;;+2. The van der Waals surface area contributed by atoms with Crippen LogP contribution < -0.4 is 0 Å². The second kappa shape index (κ2) is 18.3. The van der Waals surface area contributed by atoms with E-state index in [-0.39, 0.29) is 0 Å². The Morgan fingerprint density at radius 1 is 0.452 bits per heavy atom. The van der Waals surface area contributed by atoms with Crippen LogP contribution in [0.5, 0.6) is 0 Å². The summed E-state index contributed by atoms with van der Waals surface area (Å²) in [7, 11) is -6.75. The molecule has 0 aliphatic heterocycles. The summed E-state index contributed by atoms with van der Waals surface area (Å²) in [6, 6.07) is 0. The molecule has 0 aliphatic rings. The summed E-state index contributed by atoms with van der Waals surface area (Å²) in [5.74, 6) is 0. The van der Waals surface area contributed by atoms with Gasteiger partial charge in [0.25, 0.3) is 0 Å². The molecule has 0 aromatic carbocycles. The number of rotatable bonds is 22. The van der Waals surface area contributed by atoms with E-state index < -0.39 is 37.3 Å². The first-order valence-corrected chi connectivity index (χ1v) is 21.8. The Labute approximate surface area is 198 Å². The minimum absolute atomic E-state index is 0.445. The van der Waals surface area contributed by atoms with Crippen LogP contribution in [0.2, 0.25) is 8.87 Å². The third kappa shape index (κ3) is 11.7.